The Morgan fingerprint density at radius 3 is 2.15 bits per heavy atom. The number of furan rings is 2. The highest BCUT2D eigenvalue weighted by Crippen LogP contribution is 2.30. The average molecular weight is 346 g/mol. The number of aromatic nitrogens is 4. The van der Waals surface area contributed by atoms with Crippen LogP contribution in [0.4, 0.5) is 4.39 Å². The fraction of sp³-hybridized carbons (Fsp3) is 0. The highest BCUT2D eigenvalue weighted by atomic mass is 19.1. The van der Waals surface area contributed by atoms with E-state index in [2.05, 4.69) is 15.1 Å². The molecule has 0 spiro atoms. The topological polar surface area (TPSA) is 69.4 Å². The number of nitrogens with zero attached hydrogens (tertiary/aromatic N) is 4. The van der Waals surface area contributed by atoms with E-state index in [9.17, 15) is 4.39 Å². The van der Waals surface area contributed by atoms with Crippen molar-refractivity contribution in [1.29, 1.82) is 0 Å². The van der Waals surface area contributed by atoms with Crippen molar-refractivity contribution >= 4 is 5.78 Å². The van der Waals surface area contributed by atoms with Crippen LogP contribution >= 0.6 is 0 Å². The number of halogens is 1. The minimum Gasteiger partial charge on any atom is -0.463 e. The second-order valence-corrected chi connectivity index (χ2v) is 5.64. The SMILES string of the molecule is Fc1ccc(-c2cn3nc(-c4ccco4)c(-c4ccco4)nc3n2)cc1. The van der Waals surface area contributed by atoms with Crippen LogP contribution in [0, 0.1) is 5.82 Å². The van der Waals surface area contributed by atoms with Crippen LogP contribution < -0.4 is 0 Å². The van der Waals surface area contributed by atoms with Crippen molar-refractivity contribution in [3.05, 3.63) is 73.1 Å². The molecule has 126 valence electrons. The van der Waals surface area contributed by atoms with Gasteiger partial charge in [0.15, 0.2) is 17.2 Å². The molecule has 6 nitrogen and oxygen atoms in total. The van der Waals surface area contributed by atoms with E-state index in [4.69, 9.17) is 8.83 Å². The Balaban J connectivity index is 1.72. The lowest BCUT2D eigenvalue weighted by molar-refractivity contribution is 0.569. The van der Waals surface area contributed by atoms with Gasteiger partial charge in [0.1, 0.15) is 11.5 Å². The van der Waals surface area contributed by atoms with Crippen LogP contribution in [0.3, 0.4) is 0 Å². The molecule has 0 fully saturated rings. The van der Waals surface area contributed by atoms with E-state index in [1.165, 1.54) is 12.1 Å². The molecule has 0 saturated heterocycles. The third kappa shape index (κ3) is 2.37. The fourth-order valence-corrected chi connectivity index (χ4v) is 2.74. The summed E-state index contributed by atoms with van der Waals surface area (Å²) in [6.07, 6.45) is 4.89. The molecular formula is C19H11FN4O2. The molecule has 0 atom stereocenters. The van der Waals surface area contributed by atoms with Crippen LogP contribution in [0.25, 0.3) is 39.9 Å². The molecule has 0 bridgehead atoms. The largest absolute Gasteiger partial charge is 0.463 e. The van der Waals surface area contributed by atoms with Crippen molar-refractivity contribution in [1.82, 2.24) is 19.6 Å². The van der Waals surface area contributed by atoms with Crippen LogP contribution in [0.5, 0.6) is 0 Å². The quantitative estimate of drug-likeness (QED) is 0.483. The number of fused-ring (bicyclic) bond motifs is 1. The molecule has 0 saturated carbocycles. The fourth-order valence-electron chi connectivity index (χ4n) is 2.74. The zero-order chi connectivity index (χ0) is 17.5. The van der Waals surface area contributed by atoms with Crippen molar-refractivity contribution in [3.8, 4) is 34.2 Å². The first-order valence-electron chi connectivity index (χ1n) is 7.89. The standard InChI is InChI=1S/C19H11FN4O2/c20-13-7-5-12(6-8-13)14-11-24-19(21-14)22-17(15-3-1-9-25-15)18(23-24)16-4-2-10-26-16/h1-11H. The maximum atomic E-state index is 13.2. The smallest absolute Gasteiger partial charge is 0.251 e. The van der Waals surface area contributed by atoms with Crippen molar-refractivity contribution in [3.63, 3.8) is 0 Å². The first kappa shape index (κ1) is 14.6. The molecule has 0 N–H and O–H groups in total. The van der Waals surface area contributed by atoms with Gasteiger partial charge in [0.25, 0.3) is 5.78 Å². The molecule has 5 rings (SSSR count). The lowest BCUT2D eigenvalue weighted by Crippen LogP contribution is -2.00. The molecule has 1 aromatic carbocycles. The summed E-state index contributed by atoms with van der Waals surface area (Å²) >= 11 is 0. The Morgan fingerprint density at radius 1 is 0.808 bits per heavy atom. The van der Waals surface area contributed by atoms with Crippen molar-refractivity contribution in [2.75, 3.05) is 0 Å². The second-order valence-electron chi connectivity index (χ2n) is 5.64. The number of hydrogen-bond acceptors (Lipinski definition) is 5. The third-order valence-electron chi connectivity index (χ3n) is 3.96. The summed E-state index contributed by atoms with van der Waals surface area (Å²) in [4.78, 5) is 9.10. The normalized spacial score (nSPS) is 11.3. The van der Waals surface area contributed by atoms with Crippen molar-refractivity contribution in [2.45, 2.75) is 0 Å². The van der Waals surface area contributed by atoms with Gasteiger partial charge in [-0.2, -0.15) is 5.10 Å². The maximum Gasteiger partial charge on any atom is 0.251 e. The maximum absolute atomic E-state index is 13.2. The van der Waals surface area contributed by atoms with Gasteiger partial charge in [-0.1, -0.05) is 0 Å². The molecule has 5 aromatic rings. The average Bonchev–Trinajstić information content (AvgIpc) is 3.40. The van der Waals surface area contributed by atoms with Gasteiger partial charge in [-0.25, -0.2) is 18.9 Å². The molecule has 0 unspecified atom stereocenters. The summed E-state index contributed by atoms with van der Waals surface area (Å²) in [5, 5.41) is 4.60. The minimum absolute atomic E-state index is 0.297. The van der Waals surface area contributed by atoms with E-state index in [0.29, 0.717) is 34.4 Å². The van der Waals surface area contributed by atoms with Crippen LogP contribution in [0.15, 0.2) is 76.1 Å². The van der Waals surface area contributed by atoms with E-state index < -0.39 is 0 Å². The van der Waals surface area contributed by atoms with Crippen LogP contribution in [-0.2, 0) is 0 Å². The van der Waals surface area contributed by atoms with Gasteiger partial charge >= 0.3 is 0 Å². The van der Waals surface area contributed by atoms with Gasteiger partial charge < -0.3 is 8.83 Å². The van der Waals surface area contributed by atoms with Crippen molar-refractivity contribution in [2.24, 2.45) is 0 Å². The zero-order valence-electron chi connectivity index (χ0n) is 13.3. The molecule has 4 aromatic heterocycles. The number of benzene rings is 1. The molecule has 7 heteroatoms. The lowest BCUT2D eigenvalue weighted by Gasteiger charge is -2.03. The lowest BCUT2D eigenvalue weighted by atomic mass is 10.2. The summed E-state index contributed by atoms with van der Waals surface area (Å²) < 4.78 is 25.7. The molecule has 4 heterocycles. The van der Waals surface area contributed by atoms with Gasteiger partial charge in [0, 0.05) is 5.56 Å². The Hall–Kier alpha value is -3.74. The first-order valence-corrected chi connectivity index (χ1v) is 7.89. The van der Waals surface area contributed by atoms with E-state index in [1.54, 1.807) is 59.6 Å². The van der Waals surface area contributed by atoms with Crippen molar-refractivity contribution < 1.29 is 13.2 Å². The summed E-state index contributed by atoms with van der Waals surface area (Å²) in [6, 6.07) is 13.3. The summed E-state index contributed by atoms with van der Waals surface area (Å²) in [6.45, 7) is 0. The predicted octanol–water partition coefficient (Wildman–Crippen LogP) is 4.45. The van der Waals surface area contributed by atoms with Gasteiger partial charge in [-0.05, 0) is 48.5 Å². The zero-order valence-corrected chi connectivity index (χ0v) is 13.3. The van der Waals surface area contributed by atoms with Gasteiger partial charge in [0.05, 0.1) is 24.4 Å². The molecule has 0 aliphatic heterocycles. The second kappa shape index (κ2) is 5.66. The Morgan fingerprint density at radius 2 is 1.50 bits per heavy atom. The third-order valence-corrected chi connectivity index (χ3v) is 3.96. The van der Waals surface area contributed by atoms with Crippen LogP contribution in [0.2, 0.25) is 0 Å². The summed E-state index contributed by atoms with van der Waals surface area (Å²) in [5.74, 6) is 1.25. The van der Waals surface area contributed by atoms with Crippen LogP contribution in [-0.4, -0.2) is 19.6 Å². The highest BCUT2D eigenvalue weighted by molar-refractivity contribution is 5.73. The predicted molar refractivity (Wildman–Crippen MR) is 91.6 cm³/mol. The summed E-state index contributed by atoms with van der Waals surface area (Å²) in [7, 11) is 0. The van der Waals surface area contributed by atoms with Gasteiger partial charge in [-0.15, -0.1) is 0 Å². The van der Waals surface area contributed by atoms with E-state index in [-0.39, 0.29) is 5.82 Å². The Kier molecular flexibility index (Phi) is 3.18. The van der Waals surface area contributed by atoms with Gasteiger partial charge in [-0.3, -0.25) is 0 Å². The van der Waals surface area contributed by atoms with Crippen LogP contribution in [0.1, 0.15) is 0 Å². The van der Waals surface area contributed by atoms with Gasteiger partial charge in [0.2, 0.25) is 0 Å². The van der Waals surface area contributed by atoms with E-state index in [1.807, 2.05) is 0 Å². The minimum atomic E-state index is -0.297. The molecule has 0 aliphatic carbocycles. The molecule has 0 aliphatic rings. The number of imidazole rings is 1. The molecule has 26 heavy (non-hydrogen) atoms. The first-order chi connectivity index (χ1) is 12.8. The summed E-state index contributed by atoms with van der Waals surface area (Å²) in [5.41, 5.74) is 2.50. The number of rotatable bonds is 3. The van der Waals surface area contributed by atoms with E-state index in [0.717, 1.165) is 5.56 Å². The molecule has 0 amide bonds. The van der Waals surface area contributed by atoms with E-state index >= 15 is 0 Å². The Bertz CT molecular complexity index is 1110. The Labute approximate surface area is 146 Å². The highest BCUT2D eigenvalue weighted by Gasteiger charge is 2.19. The number of hydrogen-bond donors (Lipinski definition) is 0. The molecule has 0 radical (unpaired) electrons. The molecular weight excluding hydrogens is 335 g/mol. The monoisotopic (exact) mass is 346 g/mol.